The van der Waals surface area contributed by atoms with Crippen molar-refractivity contribution in [2.75, 3.05) is 36.0 Å². The third-order valence-corrected chi connectivity index (χ3v) is 3.94. The first-order valence-electron chi connectivity index (χ1n) is 7.59. The van der Waals surface area contributed by atoms with Crippen molar-refractivity contribution in [2.24, 2.45) is 0 Å². The summed E-state index contributed by atoms with van der Waals surface area (Å²) in [7, 11) is 0. The lowest BCUT2D eigenvalue weighted by Crippen LogP contribution is -2.47. The number of fused-ring (bicyclic) bond motifs is 1. The van der Waals surface area contributed by atoms with E-state index >= 15 is 0 Å². The van der Waals surface area contributed by atoms with Crippen molar-refractivity contribution < 1.29 is 13.2 Å². The van der Waals surface area contributed by atoms with Gasteiger partial charge >= 0.3 is 6.18 Å². The van der Waals surface area contributed by atoms with Gasteiger partial charge in [-0.1, -0.05) is 0 Å². The average Bonchev–Trinajstić information content (AvgIpc) is 3.06. The molecule has 0 aliphatic carbocycles. The molecule has 3 aromatic rings. The van der Waals surface area contributed by atoms with E-state index in [-0.39, 0.29) is 5.65 Å². The highest BCUT2D eigenvalue weighted by atomic mass is 19.4. The second-order valence-corrected chi connectivity index (χ2v) is 5.51. The molecule has 1 aliphatic heterocycles. The smallest absolute Gasteiger partial charge is 0.352 e. The molecule has 1 saturated heterocycles. The van der Waals surface area contributed by atoms with Gasteiger partial charge < -0.3 is 9.80 Å². The lowest BCUT2D eigenvalue weighted by molar-refractivity contribution is -0.146. The van der Waals surface area contributed by atoms with Crippen LogP contribution in [0.4, 0.5) is 24.9 Å². The Bertz CT molecular complexity index is 871. The molecule has 0 spiro atoms. The lowest BCUT2D eigenvalue weighted by atomic mass is 10.3. The van der Waals surface area contributed by atoms with Crippen molar-refractivity contribution in [1.29, 1.82) is 0 Å². The van der Waals surface area contributed by atoms with E-state index < -0.39 is 12.0 Å². The predicted octanol–water partition coefficient (Wildman–Crippen LogP) is 1.26. The summed E-state index contributed by atoms with van der Waals surface area (Å²) in [6, 6.07) is 4.88. The van der Waals surface area contributed by atoms with Crippen LogP contribution in [-0.2, 0) is 6.18 Å². The number of aromatic nitrogens is 6. The molecule has 0 aromatic carbocycles. The van der Waals surface area contributed by atoms with E-state index in [9.17, 15) is 13.2 Å². The summed E-state index contributed by atoms with van der Waals surface area (Å²) in [5, 5.41) is 10.8. The number of piperazine rings is 1. The first-order valence-corrected chi connectivity index (χ1v) is 7.59. The van der Waals surface area contributed by atoms with Crippen LogP contribution in [0.1, 0.15) is 5.82 Å². The number of alkyl halides is 3. The molecule has 4 rings (SSSR count). The van der Waals surface area contributed by atoms with Gasteiger partial charge in [0.15, 0.2) is 5.65 Å². The normalized spacial score (nSPS) is 15.8. The summed E-state index contributed by atoms with van der Waals surface area (Å²) in [6.07, 6.45) is -1.25. The van der Waals surface area contributed by atoms with Gasteiger partial charge in [0, 0.05) is 38.6 Å². The van der Waals surface area contributed by atoms with Gasteiger partial charge in [0.2, 0.25) is 5.95 Å². The second-order valence-electron chi connectivity index (χ2n) is 5.51. The van der Waals surface area contributed by atoms with Crippen LogP contribution in [0.25, 0.3) is 5.65 Å². The maximum atomic E-state index is 13.0. The highest BCUT2D eigenvalue weighted by Gasteiger charge is 2.37. The first kappa shape index (κ1) is 15.5. The minimum Gasteiger partial charge on any atom is -0.352 e. The number of anilines is 2. The molecule has 0 amide bonds. The Hall–Kier alpha value is -2.98. The van der Waals surface area contributed by atoms with E-state index in [0.717, 1.165) is 4.52 Å². The summed E-state index contributed by atoms with van der Waals surface area (Å²) < 4.78 is 39.6. The maximum absolute atomic E-state index is 13.0. The molecule has 0 atom stereocenters. The van der Waals surface area contributed by atoms with Gasteiger partial charge in [0.05, 0.1) is 0 Å². The van der Waals surface area contributed by atoms with E-state index in [2.05, 4.69) is 25.3 Å². The molecule has 0 bridgehead atoms. The third-order valence-electron chi connectivity index (χ3n) is 3.94. The predicted molar refractivity (Wildman–Crippen MR) is 82.2 cm³/mol. The Kier molecular flexibility index (Phi) is 3.62. The zero-order chi connectivity index (χ0) is 17.4. The van der Waals surface area contributed by atoms with Crippen molar-refractivity contribution in [3.8, 4) is 0 Å². The fourth-order valence-corrected chi connectivity index (χ4v) is 2.71. The summed E-state index contributed by atoms with van der Waals surface area (Å²) in [6.45, 7) is 2.50. The molecule has 1 fully saturated rings. The van der Waals surface area contributed by atoms with Crippen LogP contribution < -0.4 is 9.80 Å². The molecule has 0 N–H and O–H groups in total. The molecule has 3 aromatic heterocycles. The van der Waals surface area contributed by atoms with Crippen LogP contribution in [0.3, 0.4) is 0 Å². The van der Waals surface area contributed by atoms with Crippen molar-refractivity contribution >= 4 is 17.4 Å². The maximum Gasteiger partial charge on any atom is 0.453 e. The minimum absolute atomic E-state index is 0.0624. The van der Waals surface area contributed by atoms with Gasteiger partial charge in [-0.3, -0.25) is 0 Å². The molecule has 25 heavy (non-hydrogen) atoms. The van der Waals surface area contributed by atoms with E-state index in [1.54, 1.807) is 24.5 Å². The molecule has 1 aliphatic rings. The molecule has 11 heteroatoms. The Morgan fingerprint density at radius 1 is 0.880 bits per heavy atom. The van der Waals surface area contributed by atoms with Gasteiger partial charge in [-0.15, -0.1) is 15.3 Å². The molecule has 4 heterocycles. The van der Waals surface area contributed by atoms with E-state index in [1.807, 2.05) is 9.80 Å². The standard InChI is InChI=1S/C14H13F3N8/c15-14(16,17)12-21-20-10-2-3-11(22-25(10)12)23-6-8-24(9-7-23)13-18-4-1-5-19-13/h1-5H,6-9H2. The van der Waals surface area contributed by atoms with Gasteiger partial charge in [0.25, 0.3) is 5.82 Å². The first-order chi connectivity index (χ1) is 12.0. The average molecular weight is 350 g/mol. The van der Waals surface area contributed by atoms with Crippen molar-refractivity contribution in [3.63, 3.8) is 0 Å². The van der Waals surface area contributed by atoms with E-state index in [1.165, 1.54) is 6.07 Å². The van der Waals surface area contributed by atoms with Crippen LogP contribution >= 0.6 is 0 Å². The van der Waals surface area contributed by atoms with Crippen LogP contribution in [0.15, 0.2) is 30.6 Å². The molecular weight excluding hydrogens is 337 g/mol. The topological polar surface area (TPSA) is 75.3 Å². The number of hydrogen-bond acceptors (Lipinski definition) is 7. The number of rotatable bonds is 2. The quantitative estimate of drug-likeness (QED) is 0.689. The Morgan fingerprint density at radius 2 is 1.56 bits per heavy atom. The summed E-state index contributed by atoms with van der Waals surface area (Å²) in [4.78, 5) is 12.4. The fourth-order valence-electron chi connectivity index (χ4n) is 2.71. The molecular formula is C14H13F3N8. The number of hydrogen-bond donors (Lipinski definition) is 0. The van der Waals surface area contributed by atoms with Crippen molar-refractivity contribution in [2.45, 2.75) is 6.18 Å². The largest absolute Gasteiger partial charge is 0.453 e. The van der Waals surface area contributed by atoms with E-state index in [0.29, 0.717) is 37.9 Å². The third kappa shape index (κ3) is 2.92. The zero-order valence-electron chi connectivity index (χ0n) is 12.9. The molecule has 0 radical (unpaired) electrons. The van der Waals surface area contributed by atoms with Crippen LogP contribution in [0, 0.1) is 0 Å². The molecule has 8 nitrogen and oxygen atoms in total. The Morgan fingerprint density at radius 3 is 2.24 bits per heavy atom. The highest BCUT2D eigenvalue weighted by molar-refractivity contribution is 5.47. The second kappa shape index (κ2) is 5.83. The minimum atomic E-state index is -4.60. The summed E-state index contributed by atoms with van der Waals surface area (Å²) in [5.41, 5.74) is 0.0624. The number of nitrogens with zero attached hydrogens (tertiary/aromatic N) is 8. The lowest BCUT2D eigenvalue weighted by Gasteiger charge is -2.35. The van der Waals surface area contributed by atoms with E-state index in [4.69, 9.17) is 0 Å². The summed E-state index contributed by atoms with van der Waals surface area (Å²) >= 11 is 0. The van der Waals surface area contributed by atoms with Gasteiger partial charge in [-0.2, -0.15) is 17.7 Å². The fraction of sp³-hybridized carbons (Fsp3) is 0.357. The highest BCUT2D eigenvalue weighted by Crippen LogP contribution is 2.28. The number of halogens is 3. The molecule has 0 saturated carbocycles. The monoisotopic (exact) mass is 350 g/mol. The van der Waals surface area contributed by atoms with Crippen LogP contribution in [0.5, 0.6) is 0 Å². The SMILES string of the molecule is FC(F)(F)c1nnc2ccc(N3CCN(c4ncccn4)CC3)nn12. The van der Waals surface area contributed by atoms with Gasteiger partial charge in [-0.25, -0.2) is 9.97 Å². The summed E-state index contributed by atoms with van der Waals surface area (Å²) in [5.74, 6) is -0.0316. The zero-order valence-corrected chi connectivity index (χ0v) is 12.9. The molecule has 130 valence electrons. The van der Waals surface area contributed by atoms with Gasteiger partial charge in [-0.05, 0) is 18.2 Å². The molecule has 0 unspecified atom stereocenters. The van der Waals surface area contributed by atoms with Crippen LogP contribution in [0.2, 0.25) is 0 Å². The Labute approximate surface area is 139 Å². The van der Waals surface area contributed by atoms with Crippen molar-refractivity contribution in [3.05, 3.63) is 36.4 Å². The Balaban J connectivity index is 1.55. The van der Waals surface area contributed by atoms with Gasteiger partial charge in [0.1, 0.15) is 5.82 Å². The van der Waals surface area contributed by atoms with Crippen molar-refractivity contribution in [1.82, 2.24) is 29.8 Å². The van der Waals surface area contributed by atoms with Crippen LogP contribution in [-0.4, -0.2) is 56.0 Å².